The minimum atomic E-state index is -5.08. The number of anilines is 2. The van der Waals surface area contributed by atoms with E-state index in [0.717, 1.165) is 22.0 Å². The number of carbonyl (C=O) groups excluding carboxylic acids is 1. The summed E-state index contributed by atoms with van der Waals surface area (Å²) in [7, 11) is 0. The second kappa shape index (κ2) is 14.6. The summed E-state index contributed by atoms with van der Waals surface area (Å²) < 4.78 is 33.5. The van der Waals surface area contributed by atoms with Crippen LogP contribution in [0.4, 0.5) is 24.9 Å². The monoisotopic (exact) mass is 669 g/mol. The predicted molar refractivity (Wildman–Crippen MR) is 169 cm³/mol. The number of aliphatic hydroxyl groups excluding tert-OH is 2. The van der Waals surface area contributed by atoms with Gasteiger partial charge in [-0.3, -0.25) is 4.79 Å². The highest BCUT2D eigenvalue weighted by atomic mass is 19.4. The van der Waals surface area contributed by atoms with Gasteiger partial charge in [0.25, 0.3) is 0 Å². The van der Waals surface area contributed by atoms with Crippen molar-refractivity contribution in [3.8, 4) is 0 Å². The number of hydrogen-bond acceptors (Lipinski definition) is 10. The topological polar surface area (TPSA) is 203 Å². The number of hydrogen-bond donors (Lipinski definition) is 7. The molecule has 2 aromatic carbocycles. The molecule has 0 aliphatic heterocycles. The molecule has 1 amide bonds. The first-order valence-corrected chi connectivity index (χ1v) is 15.1. The van der Waals surface area contributed by atoms with Gasteiger partial charge in [-0.05, 0) is 22.8 Å². The van der Waals surface area contributed by atoms with Gasteiger partial charge in [0, 0.05) is 32.1 Å². The van der Waals surface area contributed by atoms with Gasteiger partial charge in [0.1, 0.15) is 12.2 Å². The van der Waals surface area contributed by atoms with Gasteiger partial charge in [0.05, 0.1) is 30.4 Å². The molecule has 3 aromatic heterocycles. The van der Waals surface area contributed by atoms with Crippen LogP contribution < -0.4 is 16.0 Å². The molecule has 7 N–H and O–H groups in total. The third-order valence-electron chi connectivity index (χ3n) is 7.89. The molecule has 3 heterocycles. The number of carboxylic acids is 1. The molecule has 14 nitrogen and oxygen atoms in total. The Bertz CT molecular complexity index is 1860. The number of carboxylic acid groups (broad SMARTS) is 1. The van der Waals surface area contributed by atoms with Gasteiger partial charge in [-0.15, -0.1) is 0 Å². The lowest BCUT2D eigenvalue weighted by Gasteiger charge is -2.19. The van der Waals surface area contributed by atoms with E-state index >= 15 is 0 Å². The zero-order valence-corrected chi connectivity index (χ0v) is 25.6. The molecule has 5 aromatic rings. The maximum Gasteiger partial charge on any atom is 0.490 e. The van der Waals surface area contributed by atoms with Crippen LogP contribution in [0.1, 0.15) is 37.1 Å². The SMILES string of the molecule is CCC(=O)N[C@H]1C[C@@H](n2cnc3c(NCc4cccc5ccccc45)nc(NCCc4c[nH]cn4)nc32)[C@H](O)[C@@H]1O.O=C(O)C(F)(F)F. The molecule has 0 radical (unpaired) electrons. The number of aromatic nitrogens is 6. The van der Waals surface area contributed by atoms with Crippen molar-refractivity contribution in [1.82, 2.24) is 34.8 Å². The average Bonchev–Trinajstić information content (AvgIpc) is 3.80. The maximum atomic E-state index is 12.0. The Hall–Kier alpha value is -5.29. The fraction of sp³-hybridized carbons (Fsp3) is 0.355. The van der Waals surface area contributed by atoms with E-state index in [9.17, 15) is 28.2 Å². The third-order valence-corrected chi connectivity index (χ3v) is 7.89. The lowest BCUT2D eigenvalue weighted by atomic mass is 10.0. The second-order valence-corrected chi connectivity index (χ2v) is 11.1. The van der Waals surface area contributed by atoms with Gasteiger partial charge < -0.3 is 40.8 Å². The summed E-state index contributed by atoms with van der Waals surface area (Å²) >= 11 is 0. The number of H-pyrrole nitrogens is 1. The van der Waals surface area contributed by atoms with E-state index < -0.39 is 36.4 Å². The van der Waals surface area contributed by atoms with Crippen LogP contribution >= 0.6 is 0 Å². The highest BCUT2D eigenvalue weighted by Crippen LogP contribution is 2.34. The van der Waals surface area contributed by atoms with E-state index in [-0.39, 0.29) is 5.91 Å². The zero-order valence-electron chi connectivity index (χ0n) is 25.6. The first-order valence-electron chi connectivity index (χ1n) is 15.1. The number of carbonyl (C=O) groups is 2. The molecule has 0 unspecified atom stereocenters. The second-order valence-electron chi connectivity index (χ2n) is 11.1. The van der Waals surface area contributed by atoms with Crippen molar-refractivity contribution in [3.63, 3.8) is 0 Å². The number of halogens is 3. The van der Waals surface area contributed by atoms with Crippen molar-refractivity contribution in [2.24, 2.45) is 0 Å². The van der Waals surface area contributed by atoms with Gasteiger partial charge in [-0.1, -0.05) is 49.4 Å². The summed E-state index contributed by atoms with van der Waals surface area (Å²) in [4.78, 5) is 42.2. The smallest absolute Gasteiger partial charge is 0.475 e. The van der Waals surface area contributed by atoms with Crippen molar-refractivity contribution in [2.75, 3.05) is 17.2 Å². The molecule has 1 aliphatic rings. The Morgan fingerprint density at radius 3 is 2.50 bits per heavy atom. The largest absolute Gasteiger partial charge is 0.490 e. The normalized spacial score (nSPS) is 19.1. The molecule has 4 atom stereocenters. The van der Waals surface area contributed by atoms with Crippen molar-refractivity contribution in [3.05, 3.63) is 72.6 Å². The number of aliphatic carboxylic acids is 1. The van der Waals surface area contributed by atoms with Crippen LogP contribution in [0.2, 0.25) is 0 Å². The number of amides is 1. The molecule has 254 valence electrons. The van der Waals surface area contributed by atoms with Gasteiger partial charge in [-0.25, -0.2) is 14.8 Å². The molecule has 1 saturated carbocycles. The van der Waals surface area contributed by atoms with Crippen LogP contribution in [0.15, 0.2) is 61.3 Å². The number of rotatable bonds is 10. The van der Waals surface area contributed by atoms with Crippen LogP contribution in [-0.4, -0.2) is 87.7 Å². The molecule has 1 fully saturated rings. The number of nitrogens with zero attached hydrogens (tertiary/aromatic N) is 5. The molecule has 17 heteroatoms. The van der Waals surface area contributed by atoms with Crippen LogP contribution in [0, 0.1) is 0 Å². The van der Waals surface area contributed by atoms with E-state index in [4.69, 9.17) is 19.9 Å². The fourth-order valence-electron chi connectivity index (χ4n) is 5.45. The maximum absolute atomic E-state index is 12.0. The van der Waals surface area contributed by atoms with Gasteiger partial charge in [0.2, 0.25) is 11.9 Å². The van der Waals surface area contributed by atoms with E-state index in [0.29, 0.717) is 55.3 Å². The lowest BCUT2D eigenvalue weighted by Crippen LogP contribution is -2.42. The number of benzene rings is 2. The van der Waals surface area contributed by atoms with E-state index in [1.807, 2.05) is 24.4 Å². The first-order chi connectivity index (χ1) is 23.0. The summed E-state index contributed by atoms with van der Waals surface area (Å²) in [5.74, 6) is -1.98. The number of alkyl halides is 3. The van der Waals surface area contributed by atoms with E-state index in [2.05, 4.69) is 55.2 Å². The summed E-state index contributed by atoms with van der Waals surface area (Å²) in [6.45, 7) is 2.82. The van der Waals surface area contributed by atoms with Crippen LogP contribution in [0.3, 0.4) is 0 Å². The van der Waals surface area contributed by atoms with Crippen molar-refractivity contribution in [2.45, 2.75) is 63.2 Å². The average molecular weight is 670 g/mol. The van der Waals surface area contributed by atoms with E-state index in [1.54, 1.807) is 24.1 Å². The summed E-state index contributed by atoms with van der Waals surface area (Å²) in [6.07, 6.45) is -0.885. The Labute approximate surface area is 271 Å². The Morgan fingerprint density at radius 2 is 1.79 bits per heavy atom. The van der Waals surface area contributed by atoms with Crippen molar-refractivity contribution >= 4 is 45.6 Å². The summed E-state index contributed by atoms with van der Waals surface area (Å²) in [6, 6.07) is 13.3. The van der Waals surface area contributed by atoms with Gasteiger partial charge in [0.15, 0.2) is 17.0 Å². The van der Waals surface area contributed by atoms with Gasteiger partial charge in [-0.2, -0.15) is 23.1 Å². The predicted octanol–water partition coefficient (Wildman–Crippen LogP) is 3.16. The fourth-order valence-corrected chi connectivity index (χ4v) is 5.45. The number of fused-ring (bicyclic) bond motifs is 2. The molecule has 6 rings (SSSR count). The molecule has 0 spiro atoms. The quantitative estimate of drug-likeness (QED) is 0.115. The lowest BCUT2D eigenvalue weighted by molar-refractivity contribution is -0.192. The Balaban J connectivity index is 0.000000582. The standard InChI is InChI=1S/C29H33N9O3.C2HF3O2/c1-2-23(39)35-21-12-22(26(41)25(21)40)38-16-34-24-27(32-13-18-8-5-7-17-6-3-4-9-20(17)18)36-29(37-28(24)38)31-11-10-19-14-30-15-33-19;3-2(4,5)1(6)7/h3-9,14-16,21-22,25-26,40-41H,2,10-13H2,1H3,(H,30,33)(H,35,39)(H2,31,32,36,37);(H,6,7)/t21-,22+,25+,26-;/m0./s1. The summed E-state index contributed by atoms with van der Waals surface area (Å²) in [5, 5.41) is 40.6. The first kappa shape index (κ1) is 34.1. The summed E-state index contributed by atoms with van der Waals surface area (Å²) in [5.41, 5.74) is 3.10. The molecular formula is C31H34F3N9O5. The van der Waals surface area contributed by atoms with Crippen molar-refractivity contribution in [1.29, 1.82) is 0 Å². The molecule has 0 saturated heterocycles. The van der Waals surface area contributed by atoms with E-state index in [1.165, 1.54) is 0 Å². The van der Waals surface area contributed by atoms with Gasteiger partial charge >= 0.3 is 12.1 Å². The molecule has 48 heavy (non-hydrogen) atoms. The minimum absolute atomic E-state index is 0.178. The van der Waals surface area contributed by atoms with Crippen LogP contribution in [0.25, 0.3) is 21.9 Å². The Morgan fingerprint density at radius 1 is 1.04 bits per heavy atom. The Kier molecular flexibility index (Phi) is 10.4. The van der Waals surface area contributed by atoms with Crippen LogP contribution in [0.5, 0.6) is 0 Å². The number of aromatic amines is 1. The highest BCUT2D eigenvalue weighted by molar-refractivity contribution is 5.87. The number of aliphatic hydroxyl groups is 2. The minimum Gasteiger partial charge on any atom is -0.475 e. The highest BCUT2D eigenvalue weighted by Gasteiger charge is 2.43. The third kappa shape index (κ3) is 7.80. The number of nitrogens with one attached hydrogen (secondary N) is 4. The molecule has 1 aliphatic carbocycles. The van der Waals surface area contributed by atoms with Crippen molar-refractivity contribution < 1.29 is 38.1 Å². The van der Waals surface area contributed by atoms with Crippen LogP contribution in [-0.2, 0) is 22.6 Å². The molecular weight excluding hydrogens is 635 g/mol. The zero-order chi connectivity index (χ0) is 34.4. The number of imidazole rings is 2. The molecule has 0 bridgehead atoms.